The van der Waals surface area contributed by atoms with Crippen molar-refractivity contribution < 1.29 is 9.59 Å². The van der Waals surface area contributed by atoms with Crippen molar-refractivity contribution in [2.45, 2.75) is 64.5 Å². The average Bonchev–Trinajstić information content (AvgIpc) is 2.98. The molecule has 7 heteroatoms. The summed E-state index contributed by atoms with van der Waals surface area (Å²) in [5.41, 5.74) is 3.38. The first-order chi connectivity index (χ1) is 13.1. The lowest BCUT2D eigenvalue weighted by Crippen LogP contribution is -2.68. The van der Waals surface area contributed by atoms with E-state index in [1.807, 2.05) is 18.7 Å². The van der Waals surface area contributed by atoms with Gasteiger partial charge in [0.15, 0.2) is 0 Å². The topological polar surface area (TPSA) is 90.1 Å². The summed E-state index contributed by atoms with van der Waals surface area (Å²) >= 11 is 0. The minimum atomic E-state index is -0.302. The summed E-state index contributed by atoms with van der Waals surface area (Å²) in [7, 11) is 0. The molecule has 7 nitrogen and oxygen atoms in total. The minimum Gasteiger partial charge on any atom is -0.354 e. The maximum Gasteiger partial charge on any atom is 0.243 e. The van der Waals surface area contributed by atoms with Crippen LogP contribution in [0.3, 0.4) is 0 Å². The summed E-state index contributed by atoms with van der Waals surface area (Å²) in [5, 5.41) is 13.8. The fourth-order valence-electron chi connectivity index (χ4n) is 5.37. The SMILES string of the molecule is Cc1n[nH]c(C)c1CCCNC(=O)[C@H]1[C@@H]2CNC[C@@H](C2)[C@@H]2CCCC(=O)N21. The molecule has 148 valence electrons. The second-order valence-corrected chi connectivity index (χ2v) is 8.43. The van der Waals surface area contributed by atoms with Gasteiger partial charge >= 0.3 is 0 Å². The van der Waals surface area contributed by atoms with Gasteiger partial charge in [0.25, 0.3) is 0 Å². The van der Waals surface area contributed by atoms with Crippen molar-refractivity contribution in [2.24, 2.45) is 11.8 Å². The van der Waals surface area contributed by atoms with Gasteiger partial charge in [0.2, 0.25) is 11.8 Å². The van der Waals surface area contributed by atoms with Gasteiger partial charge in [-0.05, 0) is 64.0 Å². The van der Waals surface area contributed by atoms with E-state index in [1.165, 1.54) is 5.56 Å². The van der Waals surface area contributed by atoms with Gasteiger partial charge in [-0.1, -0.05) is 0 Å². The van der Waals surface area contributed by atoms with Crippen LogP contribution in [0.1, 0.15) is 49.1 Å². The van der Waals surface area contributed by atoms with Gasteiger partial charge in [0, 0.05) is 37.2 Å². The van der Waals surface area contributed by atoms with Crippen LogP contribution in [-0.4, -0.2) is 58.6 Å². The van der Waals surface area contributed by atoms with Crippen LogP contribution in [0.2, 0.25) is 0 Å². The Hall–Kier alpha value is -1.89. The number of amides is 2. The predicted molar refractivity (Wildman–Crippen MR) is 102 cm³/mol. The van der Waals surface area contributed by atoms with E-state index >= 15 is 0 Å². The zero-order chi connectivity index (χ0) is 19.0. The van der Waals surface area contributed by atoms with Crippen LogP contribution in [0.15, 0.2) is 0 Å². The molecule has 0 saturated carbocycles. The molecule has 0 spiro atoms. The third kappa shape index (κ3) is 3.49. The molecule has 1 aromatic heterocycles. The molecule has 4 heterocycles. The van der Waals surface area contributed by atoms with E-state index in [4.69, 9.17) is 0 Å². The van der Waals surface area contributed by atoms with Crippen LogP contribution in [0.25, 0.3) is 0 Å². The summed E-state index contributed by atoms with van der Waals surface area (Å²) in [6, 6.07) is -0.0634. The molecule has 0 aromatic carbocycles. The van der Waals surface area contributed by atoms with Crippen LogP contribution < -0.4 is 10.6 Å². The standard InChI is InChI=1S/C20H31N5O2/c1-12-16(13(2)24-23-12)5-4-8-22-20(27)19-15-9-14(10-21-11-15)17-6-3-7-18(26)25(17)19/h14-15,17,19,21H,3-11H2,1-2H3,(H,22,27)(H,23,24)/t14-,15+,17+,19-/m1/s1. The Morgan fingerprint density at radius 2 is 2.11 bits per heavy atom. The van der Waals surface area contributed by atoms with E-state index < -0.39 is 0 Å². The van der Waals surface area contributed by atoms with Crippen LogP contribution in [0.5, 0.6) is 0 Å². The van der Waals surface area contributed by atoms with E-state index in [9.17, 15) is 9.59 Å². The van der Waals surface area contributed by atoms with E-state index in [0.717, 1.165) is 56.6 Å². The molecule has 3 N–H and O–H groups in total. The van der Waals surface area contributed by atoms with Crippen molar-refractivity contribution in [1.29, 1.82) is 0 Å². The van der Waals surface area contributed by atoms with Gasteiger partial charge in [-0.25, -0.2) is 0 Å². The molecule has 4 atom stereocenters. The normalized spacial score (nSPS) is 30.1. The quantitative estimate of drug-likeness (QED) is 0.674. The third-order valence-electron chi connectivity index (χ3n) is 6.70. The van der Waals surface area contributed by atoms with E-state index in [2.05, 4.69) is 20.8 Å². The largest absolute Gasteiger partial charge is 0.354 e. The molecule has 3 aliphatic rings. The van der Waals surface area contributed by atoms with Crippen molar-refractivity contribution in [1.82, 2.24) is 25.7 Å². The molecule has 0 radical (unpaired) electrons. The van der Waals surface area contributed by atoms with E-state index in [1.54, 1.807) is 0 Å². The Morgan fingerprint density at radius 3 is 2.89 bits per heavy atom. The number of H-pyrrole nitrogens is 1. The van der Waals surface area contributed by atoms with Gasteiger partial charge in [-0.15, -0.1) is 0 Å². The first-order valence-electron chi connectivity index (χ1n) is 10.4. The van der Waals surface area contributed by atoms with Gasteiger partial charge in [-0.3, -0.25) is 14.7 Å². The molecular formula is C20H31N5O2. The van der Waals surface area contributed by atoms with Crippen LogP contribution in [-0.2, 0) is 16.0 Å². The van der Waals surface area contributed by atoms with Crippen LogP contribution >= 0.6 is 0 Å². The highest BCUT2D eigenvalue weighted by Crippen LogP contribution is 2.39. The zero-order valence-electron chi connectivity index (χ0n) is 16.4. The summed E-state index contributed by atoms with van der Waals surface area (Å²) in [4.78, 5) is 27.7. The molecular weight excluding hydrogens is 342 g/mol. The Balaban J connectivity index is 1.38. The zero-order valence-corrected chi connectivity index (χ0v) is 16.4. The summed E-state index contributed by atoms with van der Waals surface area (Å²) in [6.45, 7) is 6.48. The average molecular weight is 374 g/mol. The number of hydrogen-bond donors (Lipinski definition) is 3. The number of carbonyl (C=O) groups is 2. The lowest BCUT2D eigenvalue weighted by Gasteiger charge is -2.53. The van der Waals surface area contributed by atoms with Crippen molar-refractivity contribution in [3.8, 4) is 0 Å². The molecule has 2 bridgehead atoms. The fraction of sp³-hybridized carbons (Fsp3) is 0.750. The highest BCUT2D eigenvalue weighted by atomic mass is 16.2. The first kappa shape index (κ1) is 18.5. The number of fused-ring (bicyclic) bond motifs is 4. The van der Waals surface area contributed by atoms with Crippen LogP contribution in [0.4, 0.5) is 0 Å². The number of aryl methyl sites for hydroxylation is 2. The van der Waals surface area contributed by atoms with Crippen molar-refractivity contribution in [3.63, 3.8) is 0 Å². The van der Waals surface area contributed by atoms with Crippen LogP contribution in [0, 0.1) is 25.7 Å². The number of aromatic nitrogens is 2. The fourth-order valence-corrected chi connectivity index (χ4v) is 5.37. The van der Waals surface area contributed by atoms with Gasteiger partial charge in [0.05, 0.1) is 5.69 Å². The Kier molecular flexibility index (Phi) is 5.21. The smallest absolute Gasteiger partial charge is 0.243 e. The minimum absolute atomic E-state index is 0.0306. The molecule has 2 amide bonds. The predicted octanol–water partition coefficient (Wildman–Crippen LogP) is 1.06. The van der Waals surface area contributed by atoms with Crippen molar-refractivity contribution in [3.05, 3.63) is 17.0 Å². The van der Waals surface area contributed by atoms with Crippen molar-refractivity contribution in [2.75, 3.05) is 19.6 Å². The second kappa shape index (κ2) is 7.62. The number of rotatable bonds is 5. The number of aromatic amines is 1. The van der Waals surface area contributed by atoms with Gasteiger partial charge in [0.1, 0.15) is 6.04 Å². The molecule has 3 aliphatic heterocycles. The monoisotopic (exact) mass is 373 g/mol. The summed E-state index contributed by atoms with van der Waals surface area (Å²) < 4.78 is 0. The van der Waals surface area contributed by atoms with Gasteiger partial charge in [-0.2, -0.15) is 5.10 Å². The maximum absolute atomic E-state index is 13.0. The Morgan fingerprint density at radius 1 is 1.30 bits per heavy atom. The molecule has 1 aromatic rings. The summed E-state index contributed by atoms with van der Waals surface area (Å²) in [6.07, 6.45) is 5.42. The Bertz CT molecular complexity index is 696. The molecule has 27 heavy (non-hydrogen) atoms. The van der Waals surface area contributed by atoms with Crippen molar-refractivity contribution >= 4 is 11.8 Å². The molecule has 0 unspecified atom stereocenters. The molecule has 3 fully saturated rings. The second-order valence-electron chi connectivity index (χ2n) is 8.43. The number of hydrogen-bond acceptors (Lipinski definition) is 4. The van der Waals surface area contributed by atoms with Gasteiger partial charge < -0.3 is 15.5 Å². The number of nitrogens with zero attached hydrogens (tertiary/aromatic N) is 2. The Labute approximate surface area is 160 Å². The lowest BCUT2D eigenvalue weighted by molar-refractivity contribution is -0.157. The summed E-state index contributed by atoms with van der Waals surface area (Å²) in [5.74, 6) is 0.945. The number of nitrogens with one attached hydrogen (secondary N) is 3. The highest BCUT2D eigenvalue weighted by molar-refractivity contribution is 5.89. The highest BCUT2D eigenvalue weighted by Gasteiger charge is 2.50. The number of carbonyl (C=O) groups excluding carboxylic acids is 2. The number of piperidine rings is 3. The maximum atomic E-state index is 13.0. The lowest BCUT2D eigenvalue weighted by atomic mass is 9.72. The molecule has 4 rings (SSSR count). The van der Waals surface area contributed by atoms with E-state index in [0.29, 0.717) is 18.9 Å². The third-order valence-corrected chi connectivity index (χ3v) is 6.70. The molecule has 0 aliphatic carbocycles. The molecule has 3 saturated heterocycles. The van der Waals surface area contributed by atoms with E-state index in [-0.39, 0.29) is 29.8 Å². The first-order valence-corrected chi connectivity index (χ1v) is 10.4.